The summed E-state index contributed by atoms with van der Waals surface area (Å²) in [5.41, 5.74) is -2.32. The van der Waals surface area contributed by atoms with Crippen molar-refractivity contribution in [3.8, 4) is 0 Å². The first kappa shape index (κ1) is 19.1. The second-order valence-corrected chi connectivity index (χ2v) is 5.86. The van der Waals surface area contributed by atoms with Crippen molar-refractivity contribution in [1.29, 1.82) is 0 Å². The van der Waals surface area contributed by atoms with Gasteiger partial charge in [-0.05, 0) is 31.2 Å². The highest BCUT2D eigenvalue weighted by atomic mass is 19.4. The van der Waals surface area contributed by atoms with Crippen molar-refractivity contribution >= 4 is 28.4 Å². The Morgan fingerprint density at radius 2 is 1.93 bits per heavy atom. The lowest BCUT2D eigenvalue weighted by atomic mass is 10.1. The number of alkyl halides is 3. The maximum absolute atomic E-state index is 13.1. The van der Waals surface area contributed by atoms with Gasteiger partial charge in [-0.25, -0.2) is 4.79 Å². The Morgan fingerprint density at radius 3 is 2.57 bits per heavy atom. The molecule has 146 valence electrons. The number of aromatic nitrogens is 1. The summed E-state index contributed by atoms with van der Waals surface area (Å²) in [4.78, 5) is 34.1. The highest BCUT2D eigenvalue weighted by molar-refractivity contribution is 5.94. The predicted octanol–water partition coefficient (Wildman–Crippen LogP) is 3.72. The van der Waals surface area contributed by atoms with Gasteiger partial charge in [0.2, 0.25) is 5.91 Å². The van der Waals surface area contributed by atoms with Gasteiger partial charge >= 0.3 is 11.9 Å². The highest BCUT2D eigenvalue weighted by Crippen LogP contribution is 2.37. The van der Waals surface area contributed by atoms with E-state index in [-0.39, 0.29) is 11.3 Å². The number of nitrogens with one attached hydrogen (secondary N) is 1. The Balaban J connectivity index is 1.93. The fraction of sp³-hybridized carbons (Fsp3) is 0.176. The van der Waals surface area contributed by atoms with E-state index in [1.54, 1.807) is 18.2 Å². The van der Waals surface area contributed by atoms with E-state index >= 15 is 0 Å². The van der Waals surface area contributed by atoms with Crippen LogP contribution in [0.15, 0.2) is 51.7 Å². The SMILES string of the molecule is CC(C(=O)Nc1ccc([N+](=O)[O-])c(C(F)(F)F)c1)n1c(=O)oc2ccccc21. The van der Waals surface area contributed by atoms with Gasteiger partial charge in [-0.3, -0.25) is 19.5 Å². The van der Waals surface area contributed by atoms with Crippen molar-refractivity contribution in [3.05, 3.63) is 68.7 Å². The number of fused-ring (bicyclic) bond motifs is 1. The summed E-state index contributed by atoms with van der Waals surface area (Å²) in [5, 5.41) is 13.0. The molecule has 8 nitrogen and oxygen atoms in total. The molecule has 1 N–H and O–H groups in total. The third-order valence-corrected chi connectivity index (χ3v) is 4.05. The number of nitro groups is 1. The molecule has 0 saturated heterocycles. The fourth-order valence-corrected chi connectivity index (χ4v) is 2.71. The largest absolute Gasteiger partial charge is 0.423 e. The molecule has 3 aromatic rings. The number of carbonyl (C=O) groups excluding carboxylic acids is 1. The molecule has 1 unspecified atom stereocenters. The molecule has 2 aromatic carbocycles. The molecule has 3 rings (SSSR count). The Morgan fingerprint density at radius 1 is 1.25 bits per heavy atom. The molecule has 28 heavy (non-hydrogen) atoms. The first-order valence-electron chi connectivity index (χ1n) is 7.86. The van der Waals surface area contributed by atoms with Crippen LogP contribution in [0.25, 0.3) is 11.1 Å². The second-order valence-electron chi connectivity index (χ2n) is 5.86. The molecule has 0 radical (unpaired) electrons. The van der Waals surface area contributed by atoms with Gasteiger partial charge in [0.1, 0.15) is 11.6 Å². The van der Waals surface area contributed by atoms with E-state index in [9.17, 15) is 32.9 Å². The molecule has 0 aliphatic rings. The van der Waals surface area contributed by atoms with Crippen LogP contribution in [-0.4, -0.2) is 15.4 Å². The van der Waals surface area contributed by atoms with Crippen LogP contribution in [0.3, 0.4) is 0 Å². The Kier molecular flexibility index (Phi) is 4.67. The van der Waals surface area contributed by atoms with E-state index in [1.807, 2.05) is 0 Å². The minimum Gasteiger partial charge on any atom is -0.408 e. The van der Waals surface area contributed by atoms with E-state index < -0.39 is 40.1 Å². The summed E-state index contributed by atoms with van der Waals surface area (Å²) < 4.78 is 45.3. The van der Waals surface area contributed by atoms with Gasteiger partial charge in [0.15, 0.2) is 5.58 Å². The summed E-state index contributed by atoms with van der Waals surface area (Å²) >= 11 is 0. The van der Waals surface area contributed by atoms with Gasteiger partial charge in [0.25, 0.3) is 5.69 Å². The second kappa shape index (κ2) is 6.83. The van der Waals surface area contributed by atoms with E-state index in [2.05, 4.69) is 5.32 Å². The maximum Gasteiger partial charge on any atom is 0.423 e. The molecule has 0 fully saturated rings. The molecule has 0 aliphatic carbocycles. The monoisotopic (exact) mass is 395 g/mol. The van der Waals surface area contributed by atoms with E-state index in [4.69, 9.17) is 4.42 Å². The molecule has 0 bridgehead atoms. The lowest BCUT2D eigenvalue weighted by molar-refractivity contribution is -0.388. The summed E-state index contributed by atoms with van der Waals surface area (Å²) in [6, 6.07) is 7.35. The molecule has 1 amide bonds. The van der Waals surface area contributed by atoms with Gasteiger partial charge in [-0.15, -0.1) is 0 Å². The lowest BCUT2D eigenvalue weighted by Crippen LogP contribution is -2.29. The van der Waals surface area contributed by atoms with Crippen LogP contribution in [0, 0.1) is 10.1 Å². The van der Waals surface area contributed by atoms with E-state index in [1.165, 1.54) is 13.0 Å². The zero-order valence-corrected chi connectivity index (χ0v) is 14.2. The molecule has 1 atom stereocenters. The first-order chi connectivity index (χ1) is 13.1. The molecule has 0 aliphatic heterocycles. The van der Waals surface area contributed by atoms with Crippen molar-refractivity contribution in [1.82, 2.24) is 4.57 Å². The normalized spacial score (nSPS) is 12.7. The number of carbonyl (C=O) groups is 1. The van der Waals surface area contributed by atoms with Gasteiger partial charge < -0.3 is 9.73 Å². The van der Waals surface area contributed by atoms with Crippen LogP contribution in [-0.2, 0) is 11.0 Å². The number of hydrogen-bond acceptors (Lipinski definition) is 5. The van der Waals surface area contributed by atoms with Gasteiger partial charge in [-0.2, -0.15) is 13.2 Å². The Bertz CT molecular complexity index is 1130. The van der Waals surface area contributed by atoms with Crippen LogP contribution in [0.5, 0.6) is 0 Å². The van der Waals surface area contributed by atoms with Crippen molar-refractivity contribution < 1.29 is 27.3 Å². The summed E-state index contributed by atoms with van der Waals surface area (Å²) in [7, 11) is 0. The van der Waals surface area contributed by atoms with Gasteiger partial charge in [-0.1, -0.05) is 12.1 Å². The van der Waals surface area contributed by atoms with E-state index in [0.29, 0.717) is 17.6 Å². The third kappa shape index (κ3) is 3.46. The number of rotatable bonds is 4. The van der Waals surface area contributed by atoms with Gasteiger partial charge in [0.05, 0.1) is 10.4 Å². The zero-order valence-electron chi connectivity index (χ0n) is 14.2. The lowest BCUT2D eigenvalue weighted by Gasteiger charge is -2.14. The standard InChI is InChI=1S/C17H12F3N3O5/c1-9(22-13-4-2-3-5-14(13)28-16(22)25)15(24)21-10-6-7-12(23(26)27)11(8-10)17(18,19)20/h2-9H,1H3,(H,21,24). The van der Waals surface area contributed by atoms with E-state index in [0.717, 1.165) is 10.6 Å². The van der Waals surface area contributed by atoms with Crippen molar-refractivity contribution in [2.45, 2.75) is 19.1 Å². The molecular weight excluding hydrogens is 383 g/mol. The number of nitro benzene ring substituents is 1. The number of halogens is 3. The maximum atomic E-state index is 13.1. The molecule has 1 aromatic heterocycles. The minimum atomic E-state index is -4.98. The molecule has 11 heteroatoms. The Labute approximate surface area is 154 Å². The van der Waals surface area contributed by atoms with Crippen molar-refractivity contribution in [2.75, 3.05) is 5.32 Å². The number of anilines is 1. The summed E-state index contributed by atoms with van der Waals surface area (Å²) in [5.74, 6) is -1.60. The number of para-hydroxylation sites is 2. The van der Waals surface area contributed by atoms with Crippen molar-refractivity contribution in [3.63, 3.8) is 0 Å². The van der Waals surface area contributed by atoms with Crippen molar-refractivity contribution in [2.24, 2.45) is 0 Å². The Hall–Kier alpha value is -3.63. The van der Waals surface area contributed by atoms with Crippen LogP contribution in [0.1, 0.15) is 18.5 Å². The number of benzene rings is 2. The molecule has 0 saturated carbocycles. The number of amides is 1. The first-order valence-corrected chi connectivity index (χ1v) is 7.86. The average Bonchev–Trinajstić information content (AvgIpc) is 2.95. The minimum absolute atomic E-state index is 0.252. The van der Waals surface area contributed by atoms with Crippen LogP contribution < -0.4 is 11.1 Å². The third-order valence-electron chi connectivity index (χ3n) is 4.05. The quantitative estimate of drug-likeness (QED) is 0.535. The molecule has 0 spiro atoms. The van der Waals surface area contributed by atoms with Crippen LogP contribution in [0.4, 0.5) is 24.5 Å². The predicted molar refractivity (Wildman–Crippen MR) is 91.9 cm³/mol. The number of nitrogens with zero attached hydrogens (tertiary/aromatic N) is 2. The zero-order chi connectivity index (χ0) is 20.6. The fourth-order valence-electron chi connectivity index (χ4n) is 2.71. The number of oxazole rings is 1. The molecule has 1 heterocycles. The summed E-state index contributed by atoms with van der Waals surface area (Å²) in [6.45, 7) is 1.37. The van der Waals surface area contributed by atoms with Gasteiger partial charge in [0, 0.05) is 11.8 Å². The average molecular weight is 395 g/mol. The molecular formula is C17H12F3N3O5. The highest BCUT2D eigenvalue weighted by Gasteiger charge is 2.38. The topological polar surface area (TPSA) is 107 Å². The smallest absolute Gasteiger partial charge is 0.408 e. The van der Waals surface area contributed by atoms with Crippen LogP contribution >= 0.6 is 0 Å². The van der Waals surface area contributed by atoms with Crippen LogP contribution in [0.2, 0.25) is 0 Å². The summed E-state index contributed by atoms with van der Waals surface area (Å²) in [6.07, 6.45) is -4.98. The number of hydrogen-bond donors (Lipinski definition) is 1.